The molecule has 0 aliphatic carbocycles. The van der Waals surface area contributed by atoms with Gasteiger partial charge in [-0.2, -0.15) is 0 Å². The van der Waals surface area contributed by atoms with Crippen molar-refractivity contribution in [1.29, 1.82) is 0 Å². The maximum atomic E-state index is 12.3. The number of carbonyl (C=O) groups is 3. The lowest BCUT2D eigenvalue weighted by molar-refractivity contribution is -0.131. The van der Waals surface area contributed by atoms with Crippen molar-refractivity contribution >= 4 is 23.4 Å². The molecule has 0 spiro atoms. The third kappa shape index (κ3) is 8.09. The van der Waals surface area contributed by atoms with Crippen molar-refractivity contribution in [2.75, 3.05) is 11.9 Å². The molecule has 0 fully saturated rings. The number of anilines is 1. The molecule has 3 aromatic rings. The Morgan fingerprint density at radius 3 is 2.06 bits per heavy atom. The van der Waals surface area contributed by atoms with Crippen molar-refractivity contribution in [1.82, 2.24) is 16.1 Å². The molecule has 0 bridgehead atoms. The van der Waals surface area contributed by atoms with Gasteiger partial charge in [0.25, 0.3) is 11.8 Å². The number of carbonyl (C=O) groups excluding carboxylic acids is 3. The second kappa shape index (κ2) is 13.4. The molecule has 0 aromatic heterocycles. The van der Waals surface area contributed by atoms with Gasteiger partial charge in [0.1, 0.15) is 6.04 Å². The van der Waals surface area contributed by atoms with Crippen molar-refractivity contribution in [3.63, 3.8) is 0 Å². The lowest BCUT2D eigenvalue weighted by atomic mass is 10.1. The smallest absolute Gasteiger partial charge is 0.265 e. The van der Waals surface area contributed by atoms with E-state index in [2.05, 4.69) is 27.8 Å². The molecular formula is C28H28N4O4. The predicted molar refractivity (Wildman–Crippen MR) is 137 cm³/mol. The minimum atomic E-state index is -0.819. The summed E-state index contributed by atoms with van der Waals surface area (Å²) in [7, 11) is 0. The van der Waals surface area contributed by atoms with Gasteiger partial charge >= 0.3 is 0 Å². The van der Waals surface area contributed by atoms with Gasteiger partial charge in [-0.25, -0.2) is 5.48 Å². The molecule has 3 aromatic carbocycles. The van der Waals surface area contributed by atoms with E-state index in [4.69, 9.17) is 5.21 Å². The molecule has 184 valence electrons. The van der Waals surface area contributed by atoms with Crippen LogP contribution in [0.3, 0.4) is 0 Å². The van der Waals surface area contributed by atoms with E-state index < -0.39 is 17.9 Å². The molecule has 0 aliphatic heterocycles. The summed E-state index contributed by atoms with van der Waals surface area (Å²) in [5, 5.41) is 17.3. The quantitative estimate of drug-likeness (QED) is 0.182. The van der Waals surface area contributed by atoms with Crippen molar-refractivity contribution in [3.05, 3.63) is 101 Å². The van der Waals surface area contributed by atoms with E-state index >= 15 is 0 Å². The number of hydrogen-bond donors (Lipinski definition) is 5. The summed E-state index contributed by atoms with van der Waals surface area (Å²) in [5.41, 5.74) is 5.21. The van der Waals surface area contributed by atoms with Crippen molar-refractivity contribution < 1.29 is 19.6 Å². The lowest BCUT2D eigenvalue weighted by Gasteiger charge is -2.14. The highest BCUT2D eigenvalue weighted by atomic mass is 16.5. The van der Waals surface area contributed by atoms with Crippen molar-refractivity contribution in [2.24, 2.45) is 0 Å². The number of amides is 3. The second-order valence-electron chi connectivity index (χ2n) is 7.95. The molecular weight excluding hydrogens is 456 g/mol. The van der Waals surface area contributed by atoms with Crippen LogP contribution in [0.4, 0.5) is 5.69 Å². The van der Waals surface area contributed by atoms with Gasteiger partial charge in [0.2, 0.25) is 5.91 Å². The standard InChI is InChI=1S/C28H28N4O4/c1-2-25(28(35)32-36)31-27(34)23-14-10-20(11-15-23)8-9-21-12-16-24(17-13-21)30-26(33)19-29-18-22-6-4-3-5-7-22/h3-7,10-17,25,29,36H,2,18-19H2,1H3,(H,30,33)(H,31,34)(H,32,35). The minimum absolute atomic E-state index is 0.129. The van der Waals surface area contributed by atoms with E-state index in [1.54, 1.807) is 48.8 Å². The highest BCUT2D eigenvalue weighted by Crippen LogP contribution is 2.10. The number of hydrogen-bond acceptors (Lipinski definition) is 5. The zero-order chi connectivity index (χ0) is 25.8. The van der Waals surface area contributed by atoms with E-state index in [1.165, 1.54) is 0 Å². The Morgan fingerprint density at radius 2 is 1.47 bits per heavy atom. The van der Waals surface area contributed by atoms with Crippen LogP contribution in [-0.4, -0.2) is 35.5 Å². The zero-order valence-electron chi connectivity index (χ0n) is 19.9. The Kier molecular flexibility index (Phi) is 9.77. The molecule has 8 nitrogen and oxygen atoms in total. The fraction of sp³-hybridized carbons (Fsp3) is 0.179. The first-order valence-electron chi connectivity index (χ1n) is 11.5. The molecule has 1 unspecified atom stereocenters. The largest absolute Gasteiger partial charge is 0.340 e. The van der Waals surface area contributed by atoms with Gasteiger partial charge in [-0.1, -0.05) is 49.1 Å². The van der Waals surface area contributed by atoms with E-state index in [9.17, 15) is 14.4 Å². The molecule has 0 aliphatic rings. The van der Waals surface area contributed by atoms with E-state index in [-0.39, 0.29) is 12.5 Å². The highest BCUT2D eigenvalue weighted by molar-refractivity contribution is 5.97. The van der Waals surface area contributed by atoms with Gasteiger partial charge in [0, 0.05) is 28.9 Å². The number of nitrogens with one attached hydrogen (secondary N) is 4. The zero-order valence-corrected chi connectivity index (χ0v) is 19.9. The summed E-state index contributed by atoms with van der Waals surface area (Å²) >= 11 is 0. The Morgan fingerprint density at radius 1 is 0.861 bits per heavy atom. The van der Waals surface area contributed by atoms with E-state index in [1.807, 2.05) is 42.5 Å². The Bertz CT molecular complexity index is 1230. The third-order valence-electron chi connectivity index (χ3n) is 5.26. The van der Waals surface area contributed by atoms with Crippen molar-refractivity contribution in [3.8, 4) is 11.8 Å². The summed E-state index contributed by atoms with van der Waals surface area (Å²) in [6.45, 7) is 2.55. The molecule has 0 radical (unpaired) electrons. The predicted octanol–water partition coefficient (Wildman–Crippen LogP) is 2.83. The summed E-state index contributed by atoms with van der Waals surface area (Å²) in [6.07, 6.45) is 0.343. The summed E-state index contributed by atoms with van der Waals surface area (Å²) in [6, 6.07) is 22.9. The average Bonchev–Trinajstić information content (AvgIpc) is 2.91. The molecule has 0 saturated carbocycles. The van der Waals surface area contributed by atoms with Crippen LogP contribution in [0.1, 0.15) is 40.4 Å². The maximum absolute atomic E-state index is 12.3. The fourth-order valence-electron chi connectivity index (χ4n) is 3.28. The van der Waals surface area contributed by atoms with Gasteiger partial charge in [-0.05, 0) is 60.5 Å². The molecule has 1 atom stereocenters. The number of rotatable bonds is 9. The molecule has 3 amide bonds. The first kappa shape index (κ1) is 26.2. The Labute approximate surface area is 210 Å². The minimum Gasteiger partial charge on any atom is -0.340 e. The van der Waals surface area contributed by atoms with Gasteiger partial charge in [0.05, 0.1) is 6.54 Å². The van der Waals surface area contributed by atoms with Crippen LogP contribution in [-0.2, 0) is 16.1 Å². The molecule has 5 N–H and O–H groups in total. The van der Waals surface area contributed by atoms with E-state index in [0.717, 1.165) is 11.1 Å². The summed E-state index contributed by atoms with van der Waals surface area (Å²) < 4.78 is 0. The van der Waals surface area contributed by atoms with E-state index in [0.29, 0.717) is 29.8 Å². The van der Waals surface area contributed by atoms with Crippen LogP contribution in [0.5, 0.6) is 0 Å². The Balaban J connectivity index is 1.49. The summed E-state index contributed by atoms with van der Waals surface area (Å²) in [4.78, 5) is 36.0. The van der Waals surface area contributed by atoms with Crippen LogP contribution in [0.25, 0.3) is 0 Å². The molecule has 0 saturated heterocycles. The van der Waals surface area contributed by atoms with Crippen LogP contribution in [0.2, 0.25) is 0 Å². The van der Waals surface area contributed by atoms with Crippen molar-refractivity contribution in [2.45, 2.75) is 25.9 Å². The average molecular weight is 485 g/mol. The highest BCUT2D eigenvalue weighted by Gasteiger charge is 2.18. The van der Waals surface area contributed by atoms with Gasteiger partial charge < -0.3 is 16.0 Å². The maximum Gasteiger partial charge on any atom is 0.265 e. The monoisotopic (exact) mass is 484 g/mol. The summed E-state index contributed by atoms with van der Waals surface area (Å²) in [5.74, 6) is 4.87. The van der Waals surface area contributed by atoms with Gasteiger partial charge in [-0.3, -0.25) is 19.6 Å². The third-order valence-corrected chi connectivity index (χ3v) is 5.26. The van der Waals surface area contributed by atoms with Gasteiger partial charge in [0.15, 0.2) is 0 Å². The second-order valence-corrected chi connectivity index (χ2v) is 7.95. The van der Waals surface area contributed by atoms with Gasteiger partial charge in [-0.15, -0.1) is 0 Å². The fourth-order valence-corrected chi connectivity index (χ4v) is 3.28. The normalized spacial score (nSPS) is 10.9. The number of benzene rings is 3. The SMILES string of the molecule is CCC(NC(=O)c1ccc(C#Cc2ccc(NC(=O)CNCc3ccccc3)cc2)cc1)C(=O)NO. The first-order valence-corrected chi connectivity index (χ1v) is 11.5. The van der Waals surface area contributed by atoms with Crippen LogP contribution in [0.15, 0.2) is 78.9 Å². The first-order chi connectivity index (χ1) is 17.5. The topological polar surface area (TPSA) is 120 Å². The Hall–Kier alpha value is -4.45. The molecule has 0 heterocycles. The van der Waals surface area contributed by atoms with Crippen LogP contribution >= 0.6 is 0 Å². The van der Waals surface area contributed by atoms with Crippen LogP contribution < -0.4 is 21.4 Å². The lowest BCUT2D eigenvalue weighted by Crippen LogP contribution is -2.45. The molecule has 8 heteroatoms. The molecule has 3 rings (SSSR count). The van der Waals surface area contributed by atoms with Crippen LogP contribution in [0, 0.1) is 11.8 Å². The molecule has 36 heavy (non-hydrogen) atoms. The number of hydroxylamine groups is 1.